The van der Waals surface area contributed by atoms with Crippen LogP contribution in [0.3, 0.4) is 0 Å². The molecule has 11 heavy (non-hydrogen) atoms. The van der Waals surface area contributed by atoms with Crippen molar-refractivity contribution in [2.24, 2.45) is 5.84 Å². The first-order valence-electron chi connectivity index (χ1n) is 2.65. The van der Waals surface area contributed by atoms with Crippen molar-refractivity contribution >= 4 is 30.9 Å². The molecule has 6 heteroatoms. The van der Waals surface area contributed by atoms with Gasteiger partial charge in [0.15, 0.2) is 0 Å². The zero-order valence-electron chi connectivity index (χ0n) is 6.71. The molecule has 0 saturated heterocycles. The second-order valence-electron chi connectivity index (χ2n) is 2.65. The van der Waals surface area contributed by atoms with Crippen molar-refractivity contribution in [2.75, 3.05) is 0 Å². The minimum Gasteiger partial charge on any atom is -0.443 e. The summed E-state index contributed by atoms with van der Waals surface area (Å²) in [7, 11) is 0. The van der Waals surface area contributed by atoms with Gasteiger partial charge in [0.2, 0.25) is 0 Å². The Hall–Kier alpha value is -0.190. The first-order valence-corrected chi connectivity index (χ1v) is 2.65. The van der Waals surface area contributed by atoms with Crippen LogP contribution < -0.4 is 11.3 Å². The fourth-order valence-electron chi connectivity index (χ4n) is 0.308. The summed E-state index contributed by atoms with van der Waals surface area (Å²) >= 11 is 0. The van der Waals surface area contributed by atoms with Gasteiger partial charge in [-0.25, -0.2) is 10.6 Å². The Morgan fingerprint density at radius 2 is 1.73 bits per heavy atom. The van der Waals surface area contributed by atoms with Gasteiger partial charge >= 0.3 is 6.09 Å². The number of rotatable bonds is 0. The lowest BCUT2D eigenvalue weighted by molar-refractivity contribution is 0.0527. The second kappa shape index (κ2) is 6.52. The largest absolute Gasteiger partial charge is 0.443 e. The van der Waals surface area contributed by atoms with E-state index in [-0.39, 0.29) is 24.8 Å². The summed E-state index contributed by atoms with van der Waals surface area (Å²) in [4.78, 5) is 10.4. The number of nitrogens with one attached hydrogen (secondary N) is 1. The van der Waals surface area contributed by atoms with E-state index in [4.69, 9.17) is 10.6 Å². The molecule has 0 atom stereocenters. The summed E-state index contributed by atoms with van der Waals surface area (Å²) in [6.07, 6.45) is -0.609. The molecule has 0 spiro atoms. The molecule has 0 aliphatic carbocycles. The van der Waals surface area contributed by atoms with Gasteiger partial charge in [0, 0.05) is 0 Å². The Kier molecular flexibility index (Phi) is 10.1. The van der Waals surface area contributed by atoms with E-state index in [1.165, 1.54) is 0 Å². The molecule has 0 rings (SSSR count). The molecule has 1 amide bonds. The molecule has 0 aliphatic rings. The van der Waals surface area contributed by atoms with Gasteiger partial charge in [0.05, 0.1) is 0 Å². The van der Waals surface area contributed by atoms with Crippen LogP contribution >= 0.6 is 24.8 Å². The maximum absolute atomic E-state index is 10.4. The van der Waals surface area contributed by atoms with Crippen LogP contribution in [0.1, 0.15) is 20.8 Å². The van der Waals surface area contributed by atoms with Crippen molar-refractivity contribution in [3.63, 3.8) is 0 Å². The van der Waals surface area contributed by atoms with E-state index in [2.05, 4.69) is 0 Å². The summed E-state index contributed by atoms with van der Waals surface area (Å²) in [6, 6.07) is 0. The maximum Gasteiger partial charge on any atom is 0.421 e. The minimum atomic E-state index is -0.609. The lowest BCUT2D eigenvalue weighted by atomic mass is 10.2. The van der Waals surface area contributed by atoms with Crippen molar-refractivity contribution in [1.82, 2.24) is 5.43 Å². The summed E-state index contributed by atoms with van der Waals surface area (Å²) in [5.74, 6) is 4.75. The van der Waals surface area contributed by atoms with Gasteiger partial charge in [0.25, 0.3) is 0 Å². The smallest absolute Gasteiger partial charge is 0.421 e. The van der Waals surface area contributed by atoms with Crippen molar-refractivity contribution in [3.8, 4) is 0 Å². The standard InChI is InChI=1S/C5H12N2O2.2ClH/c1-5(2,3)9-4(8)7-6;;/h6H2,1-3H3,(H,7,8);2*1H. The number of amides is 1. The SMILES string of the molecule is CC(C)(C)OC(=O)NN.Cl.Cl. The minimum absolute atomic E-state index is 0. The number of carbonyl (C=O) groups excluding carboxylic acids is 1. The molecule has 0 aromatic heterocycles. The van der Waals surface area contributed by atoms with Gasteiger partial charge in [-0.3, -0.25) is 5.43 Å². The fraction of sp³-hybridized carbons (Fsp3) is 0.800. The van der Waals surface area contributed by atoms with Gasteiger partial charge in [0.1, 0.15) is 5.60 Å². The van der Waals surface area contributed by atoms with Crippen molar-refractivity contribution in [3.05, 3.63) is 0 Å². The van der Waals surface area contributed by atoms with Crippen LogP contribution in [0.4, 0.5) is 4.79 Å². The molecule has 0 fully saturated rings. The van der Waals surface area contributed by atoms with Crippen LogP contribution in [0.2, 0.25) is 0 Å². The Bertz CT molecular complexity index is 114. The molecule has 70 valence electrons. The molecule has 0 heterocycles. The predicted molar refractivity (Wildman–Crippen MR) is 48.1 cm³/mol. The zero-order chi connectivity index (χ0) is 7.49. The number of hydrogen-bond acceptors (Lipinski definition) is 3. The van der Waals surface area contributed by atoms with E-state index < -0.39 is 11.7 Å². The Balaban J connectivity index is -0.000000320. The molecule has 0 radical (unpaired) electrons. The molecule has 0 aromatic rings. The third kappa shape index (κ3) is 12.9. The lowest BCUT2D eigenvalue weighted by Gasteiger charge is -2.18. The van der Waals surface area contributed by atoms with Crippen LogP contribution in [-0.4, -0.2) is 11.7 Å². The predicted octanol–water partition coefficient (Wildman–Crippen LogP) is 1.23. The summed E-state index contributed by atoms with van der Waals surface area (Å²) < 4.78 is 4.71. The topological polar surface area (TPSA) is 64.3 Å². The average Bonchev–Trinajstić information content (AvgIpc) is 1.62. The molecule has 0 aliphatic heterocycles. The van der Waals surface area contributed by atoms with Crippen LogP contribution in [-0.2, 0) is 4.74 Å². The highest BCUT2D eigenvalue weighted by molar-refractivity contribution is 5.85. The Morgan fingerprint density at radius 3 is 1.82 bits per heavy atom. The van der Waals surface area contributed by atoms with E-state index in [1.54, 1.807) is 20.8 Å². The number of ether oxygens (including phenoxy) is 1. The molecule has 0 unspecified atom stereocenters. The van der Waals surface area contributed by atoms with Gasteiger partial charge in [-0.15, -0.1) is 24.8 Å². The van der Waals surface area contributed by atoms with E-state index >= 15 is 0 Å². The zero-order valence-corrected chi connectivity index (χ0v) is 8.34. The highest BCUT2D eigenvalue weighted by Gasteiger charge is 2.14. The molecular formula is C5H14Cl2N2O2. The first-order chi connectivity index (χ1) is 3.95. The Morgan fingerprint density at radius 1 is 1.36 bits per heavy atom. The average molecular weight is 205 g/mol. The molecule has 0 saturated carbocycles. The number of halogens is 2. The molecule has 4 nitrogen and oxygen atoms in total. The van der Waals surface area contributed by atoms with Crippen LogP contribution in [0.15, 0.2) is 0 Å². The fourth-order valence-corrected chi connectivity index (χ4v) is 0.308. The Labute approximate surface area is 78.6 Å². The first kappa shape index (κ1) is 17.1. The number of carbonyl (C=O) groups is 1. The third-order valence-corrected chi connectivity index (χ3v) is 0.517. The normalized spacial score (nSPS) is 8.73. The number of hydrogen-bond donors (Lipinski definition) is 2. The molecular weight excluding hydrogens is 191 g/mol. The van der Waals surface area contributed by atoms with Crippen molar-refractivity contribution < 1.29 is 9.53 Å². The second-order valence-corrected chi connectivity index (χ2v) is 2.65. The van der Waals surface area contributed by atoms with Crippen molar-refractivity contribution in [2.45, 2.75) is 26.4 Å². The van der Waals surface area contributed by atoms with Crippen LogP contribution in [0.5, 0.6) is 0 Å². The maximum atomic E-state index is 10.4. The van der Waals surface area contributed by atoms with Gasteiger partial charge < -0.3 is 4.74 Å². The van der Waals surface area contributed by atoms with Crippen LogP contribution in [0, 0.1) is 0 Å². The van der Waals surface area contributed by atoms with Gasteiger partial charge in [-0.1, -0.05) is 0 Å². The summed E-state index contributed by atoms with van der Waals surface area (Å²) in [5.41, 5.74) is 1.39. The highest BCUT2D eigenvalue weighted by Crippen LogP contribution is 2.05. The van der Waals surface area contributed by atoms with E-state index in [1.807, 2.05) is 5.43 Å². The highest BCUT2D eigenvalue weighted by atomic mass is 35.5. The third-order valence-electron chi connectivity index (χ3n) is 0.517. The van der Waals surface area contributed by atoms with E-state index in [0.29, 0.717) is 0 Å². The quantitative estimate of drug-likeness (QED) is 0.355. The van der Waals surface area contributed by atoms with E-state index in [9.17, 15) is 4.79 Å². The number of hydrazine groups is 1. The van der Waals surface area contributed by atoms with Crippen LogP contribution in [0.25, 0.3) is 0 Å². The molecule has 0 aromatic carbocycles. The van der Waals surface area contributed by atoms with E-state index in [0.717, 1.165) is 0 Å². The van der Waals surface area contributed by atoms with Gasteiger partial charge in [-0.05, 0) is 20.8 Å². The monoisotopic (exact) mass is 204 g/mol. The van der Waals surface area contributed by atoms with Gasteiger partial charge in [-0.2, -0.15) is 0 Å². The summed E-state index contributed by atoms with van der Waals surface area (Å²) in [6.45, 7) is 5.30. The summed E-state index contributed by atoms with van der Waals surface area (Å²) in [5, 5.41) is 0. The molecule has 0 bridgehead atoms. The lowest BCUT2D eigenvalue weighted by Crippen LogP contribution is -2.36. The number of nitrogens with two attached hydrogens (primary N) is 1. The van der Waals surface area contributed by atoms with Crippen molar-refractivity contribution in [1.29, 1.82) is 0 Å². The molecule has 3 N–H and O–H groups in total.